The minimum absolute atomic E-state index is 0.0236. The number of halogens is 1. The van der Waals surface area contributed by atoms with Gasteiger partial charge in [0.25, 0.3) is 5.91 Å². The van der Waals surface area contributed by atoms with Crippen LogP contribution in [-0.2, 0) is 20.4 Å². The second kappa shape index (κ2) is 8.46. The molecule has 0 bridgehead atoms. The SMILES string of the molecule is CC(C)(C)c1ccc(C(=O)C(=O)NCC2(c3cccc(F)c3)CCOCC2)cc1. The molecule has 2 aromatic carbocycles. The first kappa shape index (κ1) is 21.2. The highest BCUT2D eigenvalue weighted by Crippen LogP contribution is 2.34. The summed E-state index contributed by atoms with van der Waals surface area (Å²) >= 11 is 0. The lowest BCUT2D eigenvalue weighted by molar-refractivity contribution is -0.117. The van der Waals surface area contributed by atoms with E-state index in [9.17, 15) is 14.0 Å². The molecule has 0 spiro atoms. The van der Waals surface area contributed by atoms with Gasteiger partial charge in [0.2, 0.25) is 5.78 Å². The molecular formula is C24H28FNO3. The van der Waals surface area contributed by atoms with E-state index in [4.69, 9.17) is 4.74 Å². The average molecular weight is 397 g/mol. The van der Waals surface area contributed by atoms with E-state index in [-0.39, 0.29) is 17.8 Å². The van der Waals surface area contributed by atoms with E-state index in [2.05, 4.69) is 26.1 Å². The lowest BCUT2D eigenvalue weighted by Gasteiger charge is -2.37. The number of benzene rings is 2. The van der Waals surface area contributed by atoms with Gasteiger partial charge in [-0.2, -0.15) is 0 Å². The van der Waals surface area contributed by atoms with Crippen LogP contribution in [0.5, 0.6) is 0 Å². The molecule has 1 saturated heterocycles. The van der Waals surface area contributed by atoms with Gasteiger partial charge in [0.05, 0.1) is 0 Å². The summed E-state index contributed by atoms with van der Waals surface area (Å²) in [6.45, 7) is 7.62. The van der Waals surface area contributed by atoms with Crippen molar-refractivity contribution in [1.29, 1.82) is 0 Å². The second-order valence-corrected chi connectivity index (χ2v) is 8.74. The molecule has 0 unspecified atom stereocenters. The van der Waals surface area contributed by atoms with E-state index in [1.54, 1.807) is 18.2 Å². The molecule has 1 aliphatic heterocycles. The van der Waals surface area contributed by atoms with Crippen molar-refractivity contribution < 1.29 is 18.7 Å². The molecule has 1 amide bonds. The Bertz CT molecular complexity index is 878. The first-order valence-corrected chi connectivity index (χ1v) is 9.98. The smallest absolute Gasteiger partial charge is 0.292 e. The average Bonchev–Trinajstić information content (AvgIpc) is 2.71. The van der Waals surface area contributed by atoms with Crippen LogP contribution in [-0.4, -0.2) is 31.4 Å². The highest BCUT2D eigenvalue weighted by Gasteiger charge is 2.35. The molecule has 0 aromatic heterocycles. The topological polar surface area (TPSA) is 55.4 Å². The summed E-state index contributed by atoms with van der Waals surface area (Å²) in [6.07, 6.45) is 1.32. The van der Waals surface area contributed by atoms with Gasteiger partial charge in [0, 0.05) is 30.7 Å². The Morgan fingerprint density at radius 2 is 1.72 bits per heavy atom. The summed E-state index contributed by atoms with van der Waals surface area (Å²) in [5.41, 5.74) is 1.82. The maximum Gasteiger partial charge on any atom is 0.292 e. The molecule has 1 heterocycles. The van der Waals surface area contributed by atoms with Crippen molar-refractivity contribution in [1.82, 2.24) is 5.32 Å². The number of hydrogen-bond acceptors (Lipinski definition) is 3. The number of nitrogens with one attached hydrogen (secondary N) is 1. The van der Waals surface area contributed by atoms with Gasteiger partial charge >= 0.3 is 0 Å². The lowest BCUT2D eigenvalue weighted by Crippen LogP contribution is -2.46. The summed E-state index contributed by atoms with van der Waals surface area (Å²) in [7, 11) is 0. The van der Waals surface area contributed by atoms with Crippen LogP contribution in [0.1, 0.15) is 55.1 Å². The number of carbonyl (C=O) groups is 2. The molecule has 1 fully saturated rings. The van der Waals surface area contributed by atoms with Crippen molar-refractivity contribution in [3.8, 4) is 0 Å². The molecule has 4 nitrogen and oxygen atoms in total. The van der Waals surface area contributed by atoms with Crippen molar-refractivity contribution in [3.63, 3.8) is 0 Å². The predicted molar refractivity (Wildman–Crippen MR) is 111 cm³/mol. The van der Waals surface area contributed by atoms with Gasteiger partial charge in [-0.3, -0.25) is 9.59 Å². The maximum absolute atomic E-state index is 13.8. The van der Waals surface area contributed by atoms with Crippen LogP contribution in [0.2, 0.25) is 0 Å². The Labute approximate surface area is 171 Å². The van der Waals surface area contributed by atoms with Gasteiger partial charge in [-0.25, -0.2) is 4.39 Å². The summed E-state index contributed by atoms with van der Waals surface area (Å²) in [5, 5.41) is 2.79. The van der Waals surface area contributed by atoms with Crippen LogP contribution in [0.25, 0.3) is 0 Å². The number of carbonyl (C=O) groups excluding carboxylic acids is 2. The van der Waals surface area contributed by atoms with Crippen LogP contribution >= 0.6 is 0 Å². The Hall–Kier alpha value is -2.53. The number of ketones is 1. The van der Waals surface area contributed by atoms with E-state index >= 15 is 0 Å². The van der Waals surface area contributed by atoms with Crippen molar-refractivity contribution in [3.05, 3.63) is 71.0 Å². The van der Waals surface area contributed by atoms with Gasteiger partial charge in [0.1, 0.15) is 5.82 Å². The third-order valence-corrected chi connectivity index (χ3v) is 5.69. The molecule has 1 N–H and O–H groups in total. The van der Waals surface area contributed by atoms with Crippen LogP contribution in [0.4, 0.5) is 4.39 Å². The lowest BCUT2D eigenvalue weighted by atomic mass is 9.74. The zero-order valence-electron chi connectivity index (χ0n) is 17.3. The Balaban J connectivity index is 1.72. The monoisotopic (exact) mass is 397 g/mol. The van der Waals surface area contributed by atoms with Crippen LogP contribution in [0.15, 0.2) is 48.5 Å². The van der Waals surface area contributed by atoms with Gasteiger partial charge in [-0.05, 0) is 41.5 Å². The summed E-state index contributed by atoms with van der Waals surface area (Å²) in [4.78, 5) is 25.1. The molecule has 5 heteroatoms. The van der Waals surface area contributed by atoms with Gasteiger partial charge in [0.15, 0.2) is 0 Å². The zero-order valence-corrected chi connectivity index (χ0v) is 17.3. The number of hydrogen-bond donors (Lipinski definition) is 1. The minimum Gasteiger partial charge on any atom is -0.381 e. The zero-order chi connectivity index (χ0) is 21.1. The quantitative estimate of drug-likeness (QED) is 0.609. The number of ether oxygens (including phenoxy) is 1. The fourth-order valence-electron chi connectivity index (χ4n) is 3.73. The van der Waals surface area contributed by atoms with Crippen molar-refractivity contribution in [2.45, 2.75) is 44.4 Å². The number of Topliss-reactive ketones (excluding diaryl/α,β-unsaturated/α-hetero) is 1. The van der Waals surface area contributed by atoms with E-state index in [0.29, 0.717) is 31.6 Å². The highest BCUT2D eigenvalue weighted by molar-refractivity contribution is 6.42. The molecule has 154 valence electrons. The standard InChI is InChI=1S/C24H28FNO3/c1-23(2,3)18-9-7-17(8-10-18)21(27)22(28)26-16-24(11-13-29-14-12-24)19-5-4-6-20(25)15-19/h4-10,15H,11-14,16H2,1-3H3,(H,26,28). The van der Waals surface area contributed by atoms with Crippen molar-refractivity contribution >= 4 is 11.7 Å². The van der Waals surface area contributed by atoms with Gasteiger partial charge < -0.3 is 10.1 Å². The predicted octanol–water partition coefficient (Wildman–Crippen LogP) is 4.17. The van der Waals surface area contributed by atoms with E-state index in [0.717, 1.165) is 11.1 Å². The summed E-state index contributed by atoms with van der Waals surface area (Å²) in [5.74, 6) is -1.52. The van der Waals surface area contributed by atoms with Gasteiger partial charge in [-0.15, -0.1) is 0 Å². The van der Waals surface area contributed by atoms with Crippen molar-refractivity contribution in [2.75, 3.05) is 19.8 Å². The Morgan fingerprint density at radius 3 is 2.31 bits per heavy atom. The number of amides is 1. The normalized spacial score (nSPS) is 16.3. The summed E-state index contributed by atoms with van der Waals surface area (Å²) < 4.78 is 19.2. The van der Waals surface area contributed by atoms with E-state index < -0.39 is 17.1 Å². The van der Waals surface area contributed by atoms with Crippen LogP contribution < -0.4 is 5.32 Å². The first-order chi connectivity index (χ1) is 13.7. The van der Waals surface area contributed by atoms with Crippen LogP contribution in [0.3, 0.4) is 0 Å². The molecule has 0 saturated carbocycles. The molecule has 0 radical (unpaired) electrons. The van der Waals surface area contributed by atoms with Crippen molar-refractivity contribution in [2.24, 2.45) is 0 Å². The third kappa shape index (κ3) is 4.91. The molecule has 0 atom stereocenters. The molecule has 2 aromatic rings. The molecule has 29 heavy (non-hydrogen) atoms. The minimum atomic E-state index is -0.643. The third-order valence-electron chi connectivity index (χ3n) is 5.69. The molecule has 1 aliphatic rings. The van der Waals surface area contributed by atoms with Crippen LogP contribution in [0, 0.1) is 5.82 Å². The Morgan fingerprint density at radius 1 is 1.07 bits per heavy atom. The fraction of sp³-hybridized carbons (Fsp3) is 0.417. The second-order valence-electron chi connectivity index (χ2n) is 8.74. The molecule has 3 rings (SSSR count). The largest absolute Gasteiger partial charge is 0.381 e. The first-order valence-electron chi connectivity index (χ1n) is 9.98. The molecular weight excluding hydrogens is 369 g/mol. The summed E-state index contributed by atoms with van der Waals surface area (Å²) in [6, 6.07) is 13.6. The maximum atomic E-state index is 13.8. The van der Waals surface area contributed by atoms with Gasteiger partial charge in [-0.1, -0.05) is 57.2 Å². The van der Waals surface area contributed by atoms with E-state index in [1.165, 1.54) is 12.1 Å². The fourth-order valence-corrected chi connectivity index (χ4v) is 3.73. The highest BCUT2D eigenvalue weighted by atomic mass is 19.1. The van der Waals surface area contributed by atoms with E-state index in [1.807, 2.05) is 18.2 Å². The molecule has 0 aliphatic carbocycles. The number of rotatable bonds is 5. The Kier molecular flexibility index (Phi) is 6.18.